The average Bonchev–Trinajstić information content (AvgIpc) is 3.24. The van der Waals surface area contributed by atoms with Crippen molar-refractivity contribution in [2.24, 2.45) is 0 Å². The van der Waals surface area contributed by atoms with E-state index in [4.69, 9.17) is 14.2 Å². The number of aliphatic hydroxyl groups is 1. The SMILES string of the molecule is CC(C)(C)OC(=O)C[C@H](NC(=O)[C@@H]1CN(C(=O)C(=O)Cc2ccccc2C(C)(C)C)CCCO1)C(O)COc1c(F)c(F)cc(F)c1F. The van der Waals surface area contributed by atoms with Crippen molar-refractivity contribution in [1.82, 2.24) is 10.2 Å². The van der Waals surface area contributed by atoms with Crippen molar-refractivity contribution >= 4 is 23.6 Å². The number of rotatable bonds is 11. The van der Waals surface area contributed by atoms with Crippen LogP contribution in [-0.4, -0.2) is 83.7 Å². The van der Waals surface area contributed by atoms with Gasteiger partial charge in [-0.1, -0.05) is 45.0 Å². The second kappa shape index (κ2) is 15.9. The summed E-state index contributed by atoms with van der Waals surface area (Å²) >= 11 is 0. The van der Waals surface area contributed by atoms with Crippen LogP contribution in [0.5, 0.6) is 5.75 Å². The first-order valence-corrected chi connectivity index (χ1v) is 15.5. The summed E-state index contributed by atoms with van der Waals surface area (Å²) < 4.78 is 71.3. The number of hydrogen-bond donors (Lipinski definition) is 2. The lowest BCUT2D eigenvalue weighted by atomic mass is 9.82. The molecule has 10 nitrogen and oxygen atoms in total. The predicted molar refractivity (Wildman–Crippen MR) is 165 cm³/mol. The van der Waals surface area contributed by atoms with Gasteiger partial charge in [0.2, 0.25) is 17.4 Å². The Hall–Kier alpha value is -4.04. The number of aliphatic hydroxyl groups excluding tert-OH is 1. The van der Waals surface area contributed by atoms with E-state index < -0.39 is 89.5 Å². The minimum Gasteiger partial charge on any atom is -0.485 e. The van der Waals surface area contributed by atoms with Crippen LogP contribution in [0.2, 0.25) is 0 Å². The summed E-state index contributed by atoms with van der Waals surface area (Å²) in [5.74, 6) is -11.9. The van der Waals surface area contributed by atoms with Gasteiger partial charge in [-0.3, -0.25) is 19.2 Å². The van der Waals surface area contributed by atoms with E-state index in [9.17, 15) is 41.8 Å². The summed E-state index contributed by atoms with van der Waals surface area (Å²) in [5, 5.41) is 13.3. The number of ketones is 1. The molecule has 0 bridgehead atoms. The van der Waals surface area contributed by atoms with Crippen molar-refractivity contribution in [1.29, 1.82) is 0 Å². The number of halogens is 4. The first kappa shape index (κ1) is 38.4. The van der Waals surface area contributed by atoms with Crippen molar-refractivity contribution < 1.29 is 56.1 Å². The van der Waals surface area contributed by atoms with E-state index in [0.29, 0.717) is 12.0 Å². The second-order valence-electron chi connectivity index (χ2n) is 13.6. The number of carbonyl (C=O) groups excluding carboxylic acids is 4. The van der Waals surface area contributed by atoms with Crippen molar-refractivity contribution in [3.05, 3.63) is 64.7 Å². The third-order valence-electron chi connectivity index (χ3n) is 7.34. The second-order valence-corrected chi connectivity index (χ2v) is 13.6. The van der Waals surface area contributed by atoms with Crippen molar-refractivity contribution in [3.63, 3.8) is 0 Å². The first-order valence-electron chi connectivity index (χ1n) is 15.5. The van der Waals surface area contributed by atoms with E-state index in [1.165, 1.54) is 4.90 Å². The minimum absolute atomic E-state index is 0.0152. The number of carbonyl (C=O) groups is 4. The summed E-state index contributed by atoms with van der Waals surface area (Å²) in [6.07, 6.45) is -3.70. The summed E-state index contributed by atoms with van der Waals surface area (Å²) in [7, 11) is 0. The third-order valence-corrected chi connectivity index (χ3v) is 7.34. The van der Waals surface area contributed by atoms with E-state index in [1.54, 1.807) is 32.9 Å². The monoisotopic (exact) mass is 682 g/mol. The molecule has 0 spiro atoms. The molecule has 14 heteroatoms. The Balaban J connectivity index is 1.76. The summed E-state index contributed by atoms with van der Waals surface area (Å²) in [4.78, 5) is 53.7. The Morgan fingerprint density at radius 3 is 2.25 bits per heavy atom. The molecule has 1 fully saturated rings. The molecule has 2 N–H and O–H groups in total. The Kier molecular flexibility index (Phi) is 12.7. The zero-order chi connectivity index (χ0) is 36.0. The summed E-state index contributed by atoms with van der Waals surface area (Å²) in [6.45, 7) is 9.53. The van der Waals surface area contributed by atoms with Crippen LogP contribution in [0.4, 0.5) is 17.6 Å². The first-order chi connectivity index (χ1) is 22.3. The molecule has 2 aromatic carbocycles. The Bertz CT molecular complexity index is 1480. The van der Waals surface area contributed by atoms with Gasteiger partial charge < -0.3 is 29.5 Å². The van der Waals surface area contributed by atoms with Gasteiger partial charge in [0.15, 0.2) is 23.5 Å². The van der Waals surface area contributed by atoms with Crippen LogP contribution in [-0.2, 0) is 40.5 Å². The quantitative estimate of drug-likeness (QED) is 0.158. The molecule has 3 atom stereocenters. The van der Waals surface area contributed by atoms with Crippen LogP contribution < -0.4 is 10.1 Å². The maximum absolute atomic E-state index is 14.1. The lowest BCUT2D eigenvalue weighted by molar-refractivity contribution is -0.156. The van der Waals surface area contributed by atoms with Crippen LogP contribution in [0.1, 0.15) is 65.5 Å². The van der Waals surface area contributed by atoms with E-state index >= 15 is 0 Å². The number of amides is 2. The predicted octanol–water partition coefficient (Wildman–Crippen LogP) is 3.93. The molecule has 1 heterocycles. The highest BCUT2D eigenvalue weighted by Gasteiger charge is 2.35. The van der Waals surface area contributed by atoms with E-state index in [1.807, 2.05) is 32.9 Å². The van der Waals surface area contributed by atoms with Gasteiger partial charge in [-0.05, 0) is 43.7 Å². The van der Waals surface area contributed by atoms with E-state index in [0.717, 1.165) is 5.56 Å². The molecule has 0 radical (unpaired) electrons. The number of nitrogens with zero attached hydrogens (tertiary/aromatic N) is 1. The maximum Gasteiger partial charge on any atom is 0.308 e. The molecule has 1 saturated heterocycles. The number of benzene rings is 2. The topological polar surface area (TPSA) is 131 Å². The number of hydrogen-bond acceptors (Lipinski definition) is 8. The van der Waals surface area contributed by atoms with Gasteiger partial charge in [-0.25, -0.2) is 8.78 Å². The van der Waals surface area contributed by atoms with Crippen LogP contribution >= 0.6 is 0 Å². The highest BCUT2D eigenvalue weighted by atomic mass is 19.2. The number of nitrogens with one attached hydrogen (secondary N) is 1. The Morgan fingerprint density at radius 1 is 1.02 bits per heavy atom. The molecule has 264 valence electrons. The van der Waals surface area contributed by atoms with Crippen LogP contribution in [0.25, 0.3) is 0 Å². The normalized spacial score (nSPS) is 16.8. The van der Waals surface area contributed by atoms with Gasteiger partial charge in [0.1, 0.15) is 18.3 Å². The number of ether oxygens (including phenoxy) is 3. The Labute approximate surface area is 276 Å². The average molecular weight is 683 g/mol. The van der Waals surface area contributed by atoms with Gasteiger partial charge in [0, 0.05) is 25.6 Å². The molecule has 2 aromatic rings. The molecule has 1 aliphatic rings. The van der Waals surface area contributed by atoms with Crippen LogP contribution in [0.3, 0.4) is 0 Å². The van der Waals surface area contributed by atoms with Gasteiger partial charge in [0.25, 0.3) is 11.8 Å². The molecule has 1 unspecified atom stereocenters. The van der Waals surface area contributed by atoms with Crippen LogP contribution in [0.15, 0.2) is 30.3 Å². The molecule has 1 aliphatic heterocycles. The molecular formula is C34H42F4N2O8. The van der Waals surface area contributed by atoms with E-state index in [-0.39, 0.29) is 37.6 Å². The maximum atomic E-state index is 14.1. The lowest BCUT2D eigenvalue weighted by Gasteiger charge is -2.28. The standard InChI is InChI=1S/C34H42F4N2O8/c1-33(2,3)20-11-8-7-10-19(20)14-24(41)32(45)40-12-9-13-46-26(17-40)31(44)39-23(16-27(43)48-34(4,5)6)25(42)18-47-30-28(37)21(35)15-22(36)29(30)38/h7-8,10-11,15,23,25-26,42H,9,12-14,16-18H2,1-6H3,(H,39,44)/t23-,25?,26-/m0/s1. The largest absolute Gasteiger partial charge is 0.485 e. The number of Topliss-reactive ketones (excluding diaryl/α,β-unsaturated/α-hetero) is 1. The zero-order valence-corrected chi connectivity index (χ0v) is 27.8. The third kappa shape index (κ3) is 10.5. The van der Waals surface area contributed by atoms with Crippen molar-refractivity contribution in [2.45, 2.75) is 90.1 Å². The zero-order valence-electron chi connectivity index (χ0n) is 27.8. The van der Waals surface area contributed by atoms with Crippen molar-refractivity contribution in [3.8, 4) is 5.75 Å². The van der Waals surface area contributed by atoms with Gasteiger partial charge in [0.05, 0.1) is 19.0 Å². The summed E-state index contributed by atoms with van der Waals surface area (Å²) in [5.41, 5.74) is 0.379. The molecule has 2 amide bonds. The van der Waals surface area contributed by atoms with Crippen molar-refractivity contribution in [2.75, 3.05) is 26.3 Å². The fraction of sp³-hybridized carbons (Fsp3) is 0.529. The fourth-order valence-electron chi connectivity index (χ4n) is 5.08. The van der Waals surface area contributed by atoms with Gasteiger partial charge >= 0.3 is 5.97 Å². The molecule has 0 aliphatic carbocycles. The highest BCUT2D eigenvalue weighted by Crippen LogP contribution is 2.28. The molecule has 0 aromatic heterocycles. The van der Waals surface area contributed by atoms with Gasteiger partial charge in [-0.15, -0.1) is 0 Å². The molecular weight excluding hydrogens is 640 g/mol. The molecule has 48 heavy (non-hydrogen) atoms. The molecule has 3 rings (SSSR count). The fourth-order valence-corrected chi connectivity index (χ4v) is 5.08. The van der Waals surface area contributed by atoms with Crippen LogP contribution in [0, 0.1) is 23.3 Å². The van der Waals surface area contributed by atoms with Gasteiger partial charge in [-0.2, -0.15) is 8.78 Å². The Morgan fingerprint density at radius 2 is 1.65 bits per heavy atom. The highest BCUT2D eigenvalue weighted by molar-refractivity contribution is 6.36. The summed E-state index contributed by atoms with van der Waals surface area (Å²) in [6, 6.07) is 5.77. The minimum atomic E-state index is -1.86. The molecule has 0 saturated carbocycles. The number of esters is 1. The smallest absolute Gasteiger partial charge is 0.308 e. The van der Waals surface area contributed by atoms with E-state index in [2.05, 4.69) is 5.32 Å². The lowest BCUT2D eigenvalue weighted by Crippen LogP contribution is -2.53.